The van der Waals surface area contributed by atoms with E-state index in [1.807, 2.05) is 0 Å². The molecule has 0 aromatic heterocycles. The van der Waals surface area contributed by atoms with Gasteiger partial charge in [0, 0.05) is 0 Å². The number of likely N-dealkylation sites (tertiary alicyclic amines) is 1. The summed E-state index contributed by atoms with van der Waals surface area (Å²) < 4.78 is 0. The molecule has 1 heteroatoms. The SMILES string of the molecule is CCN1CCC(C)(c2ccccc2)CC1. The fourth-order valence-corrected chi connectivity index (χ4v) is 2.49. The third kappa shape index (κ3) is 2.23. The van der Waals surface area contributed by atoms with Gasteiger partial charge in [-0.2, -0.15) is 0 Å². The monoisotopic (exact) mass is 203 g/mol. The minimum atomic E-state index is 0.410. The molecule has 0 atom stereocenters. The molecule has 2 rings (SSSR count). The maximum atomic E-state index is 2.55. The Bertz CT molecular complexity index is 296. The molecule has 1 saturated heterocycles. The van der Waals surface area contributed by atoms with Crippen LogP contribution in [0.15, 0.2) is 30.3 Å². The molecule has 1 aliphatic rings. The van der Waals surface area contributed by atoms with Crippen molar-refractivity contribution >= 4 is 0 Å². The fraction of sp³-hybridized carbons (Fsp3) is 0.571. The summed E-state index contributed by atoms with van der Waals surface area (Å²) in [6.45, 7) is 8.37. The molecule has 0 radical (unpaired) electrons. The van der Waals surface area contributed by atoms with Crippen LogP contribution in [-0.2, 0) is 5.41 Å². The van der Waals surface area contributed by atoms with Crippen molar-refractivity contribution in [3.05, 3.63) is 35.9 Å². The molecule has 0 spiro atoms. The second kappa shape index (κ2) is 4.36. The first kappa shape index (κ1) is 10.7. The Morgan fingerprint density at radius 1 is 1.13 bits per heavy atom. The molecule has 1 heterocycles. The van der Waals surface area contributed by atoms with Crippen LogP contribution in [0.5, 0.6) is 0 Å². The summed E-state index contributed by atoms with van der Waals surface area (Å²) >= 11 is 0. The highest BCUT2D eigenvalue weighted by molar-refractivity contribution is 5.25. The van der Waals surface area contributed by atoms with Crippen LogP contribution in [0.4, 0.5) is 0 Å². The van der Waals surface area contributed by atoms with Gasteiger partial charge >= 0.3 is 0 Å². The van der Waals surface area contributed by atoms with E-state index in [0.717, 1.165) is 0 Å². The Kier molecular flexibility index (Phi) is 3.11. The predicted octanol–water partition coefficient (Wildman–Crippen LogP) is 3.06. The normalized spacial score (nSPS) is 21.5. The van der Waals surface area contributed by atoms with Gasteiger partial charge in [-0.15, -0.1) is 0 Å². The minimum absolute atomic E-state index is 0.410. The zero-order valence-electron chi connectivity index (χ0n) is 9.87. The van der Waals surface area contributed by atoms with Crippen molar-refractivity contribution < 1.29 is 0 Å². The molecule has 1 fully saturated rings. The van der Waals surface area contributed by atoms with Crippen LogP contribution in [-0.4, -0.2) is 24.5 Å². The van der Waals surface area contributed by atoms with E-state index in [-0.39, 0.29) is 0 Å². The standard InChI is InChI=1S/C14H21N/c1-3-15-11-9-14(2,10-12-15)13-7-5-4-6-8-13/h4-8H,3,9-12H2,1-2H3. The third-order valence-corrected chi connectivity index (χ3v) is 3.88. The van der Waals surface area contributed by atoms with E-state index in [1.54, 1.807) is 0 Å². The van der Waals surface area contributed by atoms with Crippen LogP contribution >= 0.6 is 0 Å². The lowest BCUT2D eigenvalue weighted by atomic mass is 9.74. The lowest BCUT2D eigenvalue weighted by Crippen LogP contribution is -2.40. The largest absolute Gasteiger partial charge is 0.304 e. The molecule has 1 aliphatic heterocycles. The van der Waals surface area contributed by atoms with E-state index in [2.05, 4.69) is 49.1 Å². The van der Waals surface area contributed by atoms with Crippen LogP contribution in [0.1, 0.15) is 32.3 Å². The van der Waals surface area contributed by atoms with Crippen molar-refractivity contribution in [2.24, 2.45) is 0 Å². The summed E-state index contributed by atoms with van der Waals surface area (Å²) in [5, 5.41) is 0. The van der Waals surface area contributed by atoms with Gasteiger partial charge in [-0.3, -0.25) is 0 Å². The van der Waals surface area contributed by atoms with Gasteiger partial charge in [-0.05, 0) is 43.5 Å². The summed E-state index contributed by atoms with van der Waals surface area (Å²) in [6, 6.07) is 11.0. The topological polar surface area (TPSA) is 3.24 Å². The van der Waals surface area contributed by atoms with Crippen molar-refractivity contribution in [2.75, 3.05) is 19.6 Å². The molecule has 0 N–H and O–H groups in total. The first-order valence-corrected chi connectivity index (χ1v) is 6.02. The Hall–Kier alpha value is -0.820. The first-order valence-electron chi connectivity index (χ1n) is 6.02. The average molecular weight is 203 g/mol. The highest BCUT2D eigenvalue weighted by atomic mass is 15.1. The molecule has 1 aromatic carbocycles. The molecular formula is C14H21N. The maximum absolute atomic E-state index is 2.55. The highest BCUT2D eigenvalue weighted by Gasteiger charge is 2.30. The van der Waals surface area contributed by atoms with Gasteiger partial charge in [0.25, 0.3) is 0 Å². The van der Waals surface area contributed by atoms with E-state index in [4.69, 9.17) is 0 Å². The Morgan fingerprint density at radius 3 is 2.27 bits per heavy atom. The van der Waals surface area contributed by atoms with E-state index in [1.165, 1.54) is 38.0 Å². The minimum Gasteiger partial charge on any atom is -0.304 e. The smallest absolute Gasteiger partial charge is 0.00104 e. The van der Waals surface area contributed by atoms with Crippen LogP contribution in [0, 0.1) is 0 Å². The molecule has 82 valence electrons. The quantitative estimate of drug-likeness (QED) is 0.714. The zero-order chi connectivity index (χ0) is 10.7. The van der Waals surface area contributed by atoms with Gasteiger partial charge in [0.05, 0.1) is 0 Å². The van der Waals surface area contributed by atoms with E-state index in [9.17, 15) is 0 Å². The summed E-state index contributed by atoms with van der Waals surface area (Å²) in [5.74, 6) is 0. The molecule has 15 heavy (non-hydrogen) atoms. The fourth-order valence-electron chi connectivity index (χ4n) is 2.49. The molecule has 0 aliphatic carbocycles. The van der Waals surface area contributed by atoms with Gasteiger partial charge in [0.15, 0.2) is 0 Å². The Balaban J connectivity index is 2.10. The zero-order valence-corrected chi connectivity index (χ0v) is 9.87. The second-order valence-electron chi connectivity index (χ2n) is 4.86. The Morgan fingerprint density at radius 2 is 1.73 bits per heavy atom. The lowest BCUT2D eigenvalue weighted by molar-refractivity contribution is 0.176. The van der Waals surface area contributed by atoms with E-state index >= 15 is 0 Å². The number of hydrogen-bond acceptors (Lipinski definition) is 1. The lowest BCUT2D eigenvalue weighted by Gasteiger charge is -2.39. The van der Waals surface area contributed by atoms with Crippen LogP contribution in [0.3, 0.4) is 0 Å². The highest BCUT2D eigenvalue weighted by Crippen LogP contribution is 2.34. The molecule has 0 unspecified atom stereocenters. The second-order valence-corrected chi connectivity index (χ2v) is 4.86. The van der Waals surface area contributed by atoms with Crippen LogP contribution in [0.2, 0.25) is 0 Å². The van der Waals surface area contributed by atoms with E-state index < -0.39 is 0 Å². The number of rotatable bonds is 2. The maximum Gasteiger partial charge on any atom is -0.00104 e. The molecule has 0 amide bonds. The van der Waals surface area contributed by atoms with Crippen molar-refractivity contribution in [3.63, 3.8) is 0 Å². The van der Waals surface area contributed by atoms with Crippen LogP contribution < -0.4 is 0 Å². The Labute approximate surface area is 93.1 Å². The summed E-state index contributed by atoms with van der Waals surface area (Å²) in [4.78, 5) is 2.55. The van der Waals surface area contributed by atoms with E-state index in [0.29, 0.717) is 5.41 Å². The van der Waals surface area contributed by atoms with Gasteiger partial charge in [0.1, 0.15) is 0 Å². The van der Waals surface area contributed by atoms with Gasteiger partial charge in [-0.25, -0.2) is 0 Å². The molecule has 1 aromatic rings. The predicted molar refractivity (Wildman–Crippen MR) is 65.1 cm³/mol. The summed E-state index contributed by atoms with van der Waals surface area (Å²) in [7, 11) is 0. The molecule has 0 bridgehead atoms. The number of hydrogen-bond donors (Lipinski definition) is 0. The van der Waals surface area contributed by atoms with Crippen molar-refractivity contribution in [1.82, 2.24) is 4.90 Å². The molecule has 1 nitrogen and oxygen atoms in total. The van der Waals surface area contributed by atoms with Crippen molar-refractivity contribution in [1.29, 1.82) is 0 Å². The summed E-state index contributed by atoms with van der Waals surface area (Å²) in [6.07, 6.45) is 2.59. The molecular weight excluding hydrogens is 182 g/mol. The third-order valence-electron chi connectivity index (χ3n) is 3.88. The van der Waals surface area contributed by atoms with Crippen molar-refractivity contribution in [3.8, 4) is 0 Å². The first-order chi connectivity index (χ1) is 7.24. The van der Waals surface area contributed by atoms with Gasteiger partial charge in [-0.1, -0.05) is 44.2 Å². The van der Waals surface area contributed by atoms with Crippen LogP contribution in [0.25, 0.3) is 0 Å². The molecule has 0 saturated carbocycles. The number of piperidine rings is 1. The average Bonchev–Trinajstić information content (AvgIpc) is 2.31. The summed E-state index contributed by atoms with van der Waals surface area (Å²) in [5.41, 5.74) is 1.92. The van der Waals surface area contributed by atoms with Gasteiger partial charge < -0.3 is 4.90 Å². The number of benzene rings is 1. The van der Waals surface area contributed by atoms with Crippen molar-refractivity contribution in [2.45, 2.75) is 32.1 Å². The van der Waals surface area contributed by atoms with Gasteiger partial charge in [0.2, 0.25) is 0 Å². The number of nitrogens with zero attached hydrogens (tertiary/aromatic N) is 1.